The van der Waals surface area contributed by atoms with Gasteiger partial charge in [0.15, 0.2) is 5.13 Å². The molecule has 0 saturated carbocycles. The first-order chi connectivity index (χ1) is 12.7. The van der Waals surface area contributed by atoms with E-state index in [-0.39, 0.29) is 16.6 Å². The van der Waals surface area contributed by atoms with Gasteiger partial charge in [-0.25, -0.2) is 26.6 Å². The van der Waals surface area contributed by atoms with Crippen LogP contribution in [0.4, 0.5) is 18.3 Å². The highest BCUT2D eigenvalue weighted by Crippen LogP contribution is 2.33. The monoisotopic (exact) mass is 420 g/mol. The highest BCUT2D eigenvalue weighted by molar-refractivity contribution is 7.93. The molecule has 2 aromatic rings. The van der Waals surface area contributed by atoms with Gasteiger partial charge in [-0.1, -0.05) is 24.3 Å². The Hall–Kier alpha value is -2.40. The van der Waals surface area contributed by atoms with Crippen LogP contribution in [0.5, 0.6) is 5.06 Å². The summed E-state index contributed by atoms with van der Waals surface area (Å²) in [5, 5.41) is -1.96. The number of hydrogen-bond donors (Lipinski definition) is 1. The lowest BCUT2D eigenvalue weighted by Crippen LogP contribution is -2.22. The number of anilines is 1. The van der Waals surface area contributed by atoms with Crippen molar-refractivity contribution in [2.45, 2.75) is 25.0 Å². The largest absolute Gasteiger partial charge is 0.414 e. The van der Waals surface area contributed by atoms with Gasteiger partial charge in [0.25, 0.3) is 0 Å². The molecule has 0 amide bonds. The van der Waals surface area contributed by atoms with Gasteiger partial charge in [-0.3, -0.25) is 9.52 Å². The SMILES string of the molecule is C=CC(c1c(F)cc(F)cc1F)S(=O)(=O)Nc1ncc(OC(=O)CCC)s1. The molecular formula is C16H15F3N2O4S2. The molecule has 1 atom stereocenters. The molecule has 0 aliphatic rings. The summed E-state index contributed by atoms with van der Waals surface area (Å²) < 4.78 is 73.0. The number of hydrogen-bond acceptors (Lipinski definition) is 6. The molecule has 6 nitrogen and oxygen atoms in total. The second kappa shape index (κ2) is 8.53. The molecule has 0 saturated heterocycles. The lowest BCUT2D eigenvalue weighted by molar-refractivity contribution is -0.134. The van der Waals surface area contributed by atoms with Gasteiger partial charge >= 0.3 is 5.97 Å². The van der Waals surface area contributed by atoms with Crippen LogP contribution < -0.4 is 9.46 Å². The zero-order chi connectivity index (χ0) is 20.2. The fourth-order valence-corrected chi connectivity index (χ4v) is 4.39. The average Bonchev–Trinajstić information content (AvgIpc) is 2.96. The quantitative estimate of drug-likeness (QED) is 0.517. The molecule has 0 aliphatic heterocycles. The Morgan fingerprint density at radius 1 is 1.37 bits per heavy atom. The molecule has 1 aromatic carbocycles. The van der Waals surface area contributed by atoms with Crippen LogP contribution in [-0.4, -0.2) is 19.4 Å². The van der Waals surface area contributed by atoms with Crippen LogP contribution in [0.3, 0.4) is 0 Å². The van der Waals surface area contributed by atoms with Crippen LogP contribution >= 0.6 is 11.3 Å². The van der Waals surface area contributed by atoms with E-state index in [4.69, 9.17) is 4.74 Å². The molecule has 0 spiro atoms. The van der Waals surface area contributed by atoms with Crippen molar-refractivity contribution in [1.29, 1.82) is 0 Å². The maximum Gasteiger partial charge on any atom is 0.312 e. The molecule has 0 bridgehead atoms. The van der Waals surface area contributed by atoms with Crippen LogP contribution in [0, 0.1) is 17.5 Å². The predicted octanol–water partition coefficient (Wildman–Crippen LogP) is 3.93. The Morgan fingerprint density at radius 2 is 2.00 bits per heavy atom. The topological polar surface area (TPSA) is 85.4 Å². The number of sulfonamides is 1. The van der Waals surface area contributed by atoms with Crippen molar-refractivity contribution in [3.05, 3.63) is 54.0 Å². The minimum absolute atomic E-state index is 0.0560. The maximum absolute atomic E-state index is 13.9. The molecule has 1 heterocycles. The van der Waals surface area contributed by atoms with Crippen molar-refractivity contribution in [2.24, 2.45) is 0 Å². The number of nitrogens with one attached hydrogen (secondary N) is 1. The van der Waals surface area contributed by atoms with Gasteiger partial charge in [-0.05, 0) is 6.42 Å². The summed E-state index contributed by atoms with van der Waals surface area (Å²) in [5.41, 5.74) is -0.870. The van der Waals surface area contributed by atoms with E-state index in [2.05, 4.69) is 16.3 Å². The highest BCUT2D eigenvalue weighted by Gasteiger charge is 2.31. The second-order valence-electron chi connectivity index (χ2n) is 5.30. The number of carbonyl (C=O) groups is 1. The van der Waals surface area contributed by atoms with E-state index >= 15 is 0 Å². The number of rotatable bonds is 8. The molecular weight excluding hydrogens is 405 g/mol. The summed E-state index contributed by atoms with van der Waals surface area (Å²) in [4.78, 5) is 15.2. The molecule has 2 rings (SSSR count). The summed E-state index contributed by atoms with van der Waals surface area (Å²) in [6, 6.07) is 0.748. The second-order valence-corrected chi connectivity index (χ2v) is 8.09. The summed E-state index contributed by atoms with van der Waals surface area (Å²) in [5.74, 6) is -4.41. The summed E-state index contributed by atoms with van der Waals surface area (Å²) in [6.45, 7) is 5.07. The number of thiazole rings is 1. The van der Waals surface area contributed by atoms with Crippen molar-refractivity contribution in [3.8, 4) is 5.06 Å². The molecule has 1 N–H and O–H groups in total. The van der Waals surface area contributed by atoms with Gasteiger partial charge in [-0.2, -0.15) is 0 Å². The van der Waals surface area contributed by atoms with Gasteiger partial charge in [0.05, 0.1) is 6.20 Å². The first-order valence-electron chi connectivity index (χ1n) is 7.63. The fraction of sp³-hybridized carbons (Fsp3) is 0.250. The number of benzene rings is 1. The normalized spacial score (nSPS) is 12.4. The van der Waals surface area contributed by atoms with Crippen LogP contribution in [0.15, 0.2) is 31.0 Å². The van der Waals surface area contributed by atoms with Gasteiger partial charge in [-0.15, -0.1) is 6.58 Å². The van der Waals surface area contributed by atoms with E-state index in [1.54, 1.807) is 6.92 Å². The third-order valence-corrected chi connectivity index (χ3v) is 5.75. The van der Waals surface area contributed by atoms with Crippen molar-refractivity contribution >= 4 is 32.5 Å². The van der Waals surface area contributed by atoms with Crippen LogP contribution in [0.2, 0.25) is 0 Å². The van der Waals surface area contributed by atoms with Crippen molar-refractivity contribution in [2.75, 3.05) is 4.72 Å². The van der Waals surface area contributed by atoms with Gasteiger partial charge in [0.1, 0.15) is 22.7 Å². The Bertz CT molecular complexity index is 937. The van der Waals surface area contributed by atoms with Gasteiger partial charge in [0.2, 0.25) is 15.1 Å². The van der Waals surface area contributed by atoms with Crippen LogP contribution in [-0.2, 0) is 14.8 Å². The summed E-state index contributed by atoms with van der Waals surface area (Å²) in [6.07, 6.45) is 2.70. The molecule has 0 fully saturated rings. The smallest absolute Gasteiger partial charge is 0.312 e. The van der Waals surface area contributed by atoms with E-state index in [9.17, 15) is 26.4 Å². The summed E-state index contributed by atoms with van der Waals surface area (Å²) in [7, 11) is -4.42. The number of aromatic nitrogens is 1. The minimum Gasteiger partial charge on any atom is -0.414 e. The van der Waals surface area contributed by atoms with E-state index in [1.165, 1.54) is 0 Å². The average molecular weight is 420 g/mol. The molecule has 1 aromatic heterocycles. The Balaban J connectivity index is 2.26. The first kappa shape index (κ1) is 20.9. The van der Waals surface area contributed by atoms with E-state index in [0.717, 1.165) is 23.6 Å². The number of esters is 1. The zero-order valence-electron chi connectivity index (χ0n) is 14.0. The zero-order valence-corrected chi connectivity index (χ0v) is 15.7. The fourth-order valence-electron chi connectivity index (χ4n) is 2.13. The molecule has 1 unspecified atom stereocenters. The number of carbonyl (C=O) groups excluding carboxylic acids is 1. The lowest BCUT2D eigenvalue weighted by atomic mass is 10.1. The van der Waals surface area contributed by atoms with E-state index < -0.39 is 44.3 Å². The number of halogens is 3. The molecule has 0 aliphatic carbocycles. The van der Waals surface area contributed by atoms with E-state index in [1.807, 2.05) is 0 Å². The first-order valence-corrected chi connectivity index (χ1v) is 9.99. The highest BCUT2D eigenvalue weighted by atomic mass is 32.2. The third-order valence-electron chi connectivity index (χ3n) is 3.26. The minimum atomic E-state index is -4.42. The number of nitrogens with zero attached hydrogens (tertiary/aromatic N) is 1. The van der Waals surface area contributed by atoms with Gasteiger partial charge in [0, 0.05) is 24.1 Å². The third kappa shape index (κ3) is 5.07. The lowest BCUT2D eigenvalue weighted by Gasteiger charge is -2.16. The molecule has 11 heteroatoms. The van der Waals surface area contributed by atoms with Gasteiger partial charge < -0.3 is 4.74 Å². The molecule has 146 valence electrons. The molecule has 0 radical (unpaired) electrons. The van der Waals surface area contributed by atoms with Crippen molar-refractivity contribution in [3.63, 3.8) is 0 Å². The summed E-state index contributed by atoms with van der Waals surface area (Å²) >= 11 is 0.722. The van der Waals surface area contributed by atoms with E-state index in [0.29, 0.717) is 18.6 Å². The predicted molar refractivity (Wildman–Crippen MR) is 94.5 cm³/mol. The molecule has 27 heavy (non-hydrogen) atoms. The number of ether oxygens (including phenoxy) is 1. The Labute approximate surface area is 157 Å². The van der Waals surface area contributed by atoms with Crippen LogP contribution in [0.1, 0.15) is 30.6 Å². The Kier molecular flexibility index (Phi) is 6.60. The standard InChI is InChI=1S/C16H15F3N2O4S2/c1-3-5-13(22)25-14-8-20-16(26-14)21-27(23,24)12(4-2)15-10(18)6-9(17)7-11(15)19/h4,6-8,12H,2-3,5H2,1H3,(H,20,21). The van der Waals surface area contributed by atoms with Crippen molar-refractivity contribution < 1.29 is 31.1 Å². The van der Waals surface area contributed by atoms with Crippen molar-refractivity contribution in [1.82, 2.24) is 4.98 Å². The Morgan fingerprint density at radius 3 is 2.56 bits per heavy atom. The maximum atomic E-state index is 13.9. The van der Waals surface area contributed by atoms with Crippen LogP contribution in [0.25, 0.3) is 0 Å².